The first kappa shape index (κ1) is 12.8. The van der Waals surface area contributed by atoms with Gasteiger partial charge in [0, 0.05) is 11.6 Å². The molecule has 3 aromatic rings. The van der Waals surface area contributed by atoms with Gasteiger partial charge in [0.25, 0.3) is 0 Å². The topological polar surface area (TPSA) is 86.1 Å². The van der Waals surface area contributed by atoms with Crippen molar-refractivity contribution in [1.29, 1.82) is 5.26 Å². The summed E-state index contributed by atoms with van der Waals surface area (Å²) in [6.45, 7) is 0. The Hall–Kier alpha value is -3.26. The minimum absolute atomic E-state index is 0.0727. The quantitative estimate of drug-likeness (QED) is 0.557. The van der Waals surface area contributed by atoms with Gasteiger partial charge in [0.2, 0.25) is 0 Å². The van der Waals surface area contributed by atoms with Gasteiger partial charge in [-0.15, -0.1) is 0 Å². The van der Waals surface area contributed by atoms with E-state index in [9.17, 15) is 9.90 Å². The number of phenolic OH excluding ortho intramolecular Hbond substituents is 1. The van der Waals surface area contributed by atoms with Gasteiger partial charge >= 0.3 is 5.97 Å². The normalized spacial score (nSPS) is 10.2. The number of carbonyl (C=O) groups excluding carboxylic acids is 1. The van der Waals surface area contributed by atoms with Crippen molar-refractivity contribution in [1.82, 2.24) is 4.98 Å². The highest BCUT2D eigenvalue weighted by atomic mass is 16.5. The number of H-pyrrole nitrogens is 1. The molecule has 5 heteroatoms. The van der Waals surface area contributed by atoms with Crippen molar-refractivity contribution in [3.05, 3.63) is 59.8 Å². The number of esters is 1. The van der Waals surface area contributed by atoms with E-state index in [0.29, 0.717) is 16.5 Å². The average Bonchev–Trinajstić information content (AvgIpc) is 2.96. The number of nitrogens with one attached hydrogen (secondary N) is 1. The third kappa shape index (κ3) is 2.30. The lowest BCUT2D eigenvalue weighted by Crippen LogP contribution is -2.09. The minimum atomic E-state index is -0.675. The van der Waals surface area contributed by atoms with Crippen LogP contribution in [0.25, 0.3) is 10.9 Å². The van der Waals surface area contributed by atoms with Crippen molar-refractivity contribution in [3.8, 4) is 17.6 Å². The van der Waals surface area contributed by atoms with E-state index in [1.165, 1.54) is 18.2 Å². The summed E-state index contributed by atoms with van der Waals surface area (Å²) in [7, 11) is 0. The maximum absolute atomic E-state index is 12.1. The molecule has 1 aromatic heterocycles. The first-order valence-electron chi connectivity index (χ1n) is 6.20. The molecule has 0 aliphatic carbocycles. The standard InChI is InChI=1S/C16H10N2O3/c17-9-10-7-13-11(5-6-18-13)15(8-10)21-16(20)12-3-1-2-4-14(12)19/h1-8,18-19H. The van der Waals surface area contributed by atoms with Crippen molar-refractivity contribution in [2.45, 2.75) is 0 Å². The molecule has 21 heavy (non-hydrogen) atoms. The summed E-state index contributed by atoms with van der Waals surface area (Å²) >= 11 is 0. The van der Waals surface area contributed by atoms with Crippen molar-refractivity contribution < 1.29 is 14.6 Å². The highest BCUT2D eigenvalue weighted by Crippen LogP contribution is 2.28. The van der Waals surface area contributed by atoms with Gasteiger partial charge in [0.05, 0.1) is 17.1 Å². The van der Waals surface area contributed by atoms with E-state index in [0.717, 1.165) is 0 Å². The Kier molecular flexibility index (Phi) is 3.05. The van der Waals surface area contributed by atoms with E-state index in [-0.39, 0.29) is 17.1 Å². The highest BCUT2D eigenvalue weighted by molar-refractivity contribution is 5.97. The summed E-state index contributed by atoms with van der Waals surface area (Å²) in [6, 6.07) is 13.1. The molecule has 0 saturated heterocycles. The van der Waals surface area contributed by atoms with E-state index >= 15 is 0 Å². The lowest BCUT2D eigenvalue weighted by molar-refractivity contribution is 0.0734. The van der Waals surface area contributed by atoms with E-state index in [4.69, 9.17) is 10.00 Å². The number of carbonyl (C=O) groups is 1. The van der Waals surface area contributed by atoms with Gasteiger partial charge in [-0.25, -0.2) is 4.79 Å². The number of fused-ring (bicyclic) bond motifs is 1. The monoisotopic (exact) mass is 278 g/mol. The second-order valence-corrected chi connectivity index (χ2v) is 4.43. The summed E-state index contributed by atoms with van der Waals surface area (Å²) < 4.78 is 5.33. The van der Waals surface area contributed by atoms with Crippen LogP contribution >= 0.6 is 0 Å². The zero-order chi connectivity index (χ0) is 14.8. The number of aromatic hydroxyl groups is 1. The van der Waals surface area contributed by atoms with E-state index in [1.807, 2.05) is 6.07 Å². The second-order valence-electron chi connectivity index (χ2n) is 4.43. The number of para-hydroxylation sites is 1. The summed E-state index contributed by atoms with van der Waals surface area (Å²) in [5.41, 5.74) is 1.16. The summed E-state index contributed by atoms with van der Waals surface area (Å²) in [4.78, 5) is 15.1. The predicted octanol–water partition coefficient (Wildman–Crippen LogP) is 2.96. The Balaban J connectivity index is 2.02. The number of aromatic amines is 1. The number of nitriles is 1. The number of nitrogens with zero attached hydrogens (tertiary/aromatic N) is 1. The lowest BCUT2D eigenvalue weighted by Gasteiger charge is -2.07. The fraction of sp³-hybridized carbons (Fsp3) is 0. The van der Waals surface area contributed by atoms with E-state index < -0.39 is 5.97 Å². The number of aromatic nitrogens is 1. The van der Waals surface area contributed by atoms with Crippen LogP contribution in [0.1, 0.15) is 15.9 Å². The number of hydrogen-bond acceptors (Lipinski definition) is 4. The number of benzene rings is 2. The zero-order valence-corrected chi connectivity index (χ0v) is 10.8. The molecule has 1 heterocycles. The molecule has 3 rings (SSSR count). The number of rotatable bonds is 2. The van der Waals surface area contributed by atoms with E-state index in [2.05, 4.69) is 4.98 Å². The Morgan fingerprint density at radius 3 is 2.81 bits per heavy atom. The largest absolute Gasteiger partial charge is 0.507 e. The van der Waals surface area contributed by atoms with Crippen LogP contribution in [-0.2, 0) is 0 Å². The predicted molar refractivity (Wildman–Crippen MR) is 76.1 cm³/mol. The number of phenols is 1. The third-order valence-electron chi connectivity index (χ3n) is 3.09. The SMILES string of the molecule is N#Cc1cc(OC(=O)c2ccccc2O)c2cc[nH]c2c1. The van der Waals surface area contributed by atoms with Crippen LogP contribution < -0.4 is 4.74 Å². The molecular weight excluding hydrogens is 268 g/mol. The van der Waals surface area contributed by atoms with Crippen LogP contribution in [0.2, 0.25) is 0 Å². The van der Waals surface area contributed by atoms with Gasteiger partial charge in [0.1, 0.15) is 17.1 Å². The average molecular weight is 278 g/mol. The summed E-state index contributed by atoms with van der Waals surface area (Å²) in [6.07, 6.45) is 1.70. The van der Waals surface area contributed by atoms with Gasteiger partial charge in [-0.3, -0.25) is 0 Å². The summed E-state index contributed by atoms with van der Waals surface area (Å²) in [5, 5.41) is 19.4. The number of ether oxygens (including phenoxy) is 1. The van der Waals surface area contributed by atoms with Gasteiger partial charge in [0.15, 0.2) is 0 Å². The fourth-order valence-corrected chi connectivity index (χ4v) is 2.08. The molecule has 0 radical (unpaired) electrons. The van der Waals surface area contributed by atoms with Crippen LogP contribution in [-0.4, -0.2) is 16.1 Å². The fourth-order valence-electron chi connectivity index (χ4n) is 2.08. The molecule has 5 nitrogen and oxygen atoms in total. The first-order chi connectivity index (χ1) is 10.2. The molecule has 0 atom stereocenters. The smallest absolute Gasteiger partial charge is 0.347 e. The highest BCUT2D eigenvalue weighted by Gasteiger charge is 2.15. The molecule has 2 aromatic carbocycles. The Labute approximate surface area is 120 Å². The molecule has 0 saturated carbocycles. The van der Waals surface area contributed by atoms with Gasteiger partial charge < -0.3 is 14.8 Å². The Morgan fingerprint density at radius 2 is 2.05 bits per heavy atom. The van der Waals surface area contributed by atoms with Crippen molar-refractivity contribution in [2.75, 3.05) is 0 Å². The molecule has 0 unspecified atom stereocenters. The van der Waals surface area contributed by atoms with Gasteiger partial charge in [-0.05, 0) is 30.3 Å². The van der Waals surface area contributed by atoms with Crippen LogP contribution in [0.5, 0.6) is 11.5 Å². The van der Waals surface area contributed by atoms with Crippen LogP contribution in [0.15, 0.2) is 48.7 Å². The number of hydrogen-bond donors (Lipinski definition) is 2. The minimum Gasteiger partial charge on any atom is -0.507 e. The molecular formula is C16H10N2O3. The zero-order valence-electron chi connectivity index (χ0n) is 10.8. The lowest BCUT2D eigenvalue weighted by atomic mass is 10.1. The molecule has 0 bridgehead atoms. The van der Waals surface area contributed by atoms with Crippen molar-refractivity contribution in [3.63, 3.8) is 0 Å². The maximum atomic E-state index is 12.1. The van der Waals surface area contributed by atoms with Crippen LogP contribution in [0, 0.1) is 11.3 Å². The molecule has 0 fully saturated rings. The first-order valence-corrected chi connectivity index (χ1v) is 6.20. The second kappa shape index (κ2) is 5.02. The van der Waals surface area contributed by atoms with Crippen molar-refractivity contribution >= 4 is 16.9 Å². The molecule has 0 amide bonds. The van der Waals surface area contributed by atoms with Crippen LogP contribution in [0.4, 0.5) is 0 Å². The third-order valence-corrected chi connectivity index (χ3v) is 3.09. The van der Waals surface area contributed by atoms with Crippen molar-refractivity contribution in [2.24, 2.45) is 0 Å². The van der Waals surface area contributed by atoms with Gasteiger partial charge in [-0.2, -0.15) is 5.26 Å². The van der Waals surface area contributed by atoms with Crippen LogP contribution in [0.3, 0.4) is 0 Å². The molecule has 0 aliphatic rings. The molecule has 102 valence electrons. The Bertz CT molecular complexity index is 875. The molecule has 2 N–H and O–H groups in total. The molecule has 0 spiro atoms. The molecule has 0 aliphatic heterocycles. The van der Waals surface area contributed by atoms with E-state index in [1.54, 1.807) is 30.5 Å². The Morgan fingerprint density at radius 1 is 1.24 bits per heavy atom. The van der Waals surface area contributed by atoms with Gasteiger partial charge in [-0.1, -0.05) is 12.1 Å². The maximum Gasteiger partial charge on any atom is 0.347 e. The summed E-state index contributed by atoms with van der Waals surface area (Å²) in [5.74, 6) is -0.548.